The Morgan fingerprint density at radius 2 is 1.70 bits per heavy atom. The highest BCUT2D eigenvalue weighted by Crippen LogP contribution is 2.61. The van der Waals surface area contributed by atoms with E-state index in [1.165, 1.54) is 13.0 Å². The molecule has 4 bridgehead atoms. The van der Waals surface area contributed by atoms with Crippen molar-refractivity contribution in [3.63, 3.8) is 0 Å². The van der Waals surface area contributed by atoms with E-state index in [9.17, 15) is 0 Å². The SMILES string of the molecule is NCC1CN(CCC23CC4CC(CC(C4)C2)C3)CCO1. The maximum absolute atomic E-state index is 5.76. The maximum Gasteiger partial charge on any atom is 0.0824 e. The Labute approximate surface area is 123 Å². The number of ether oxygens (including phenoxy) is 1. The zero-order valence-corrected chi connectivity index (χ0v) is 12.7. The summed E-state index contributed by atoms with van der Waals surface area (Å²) >= 11 is 0. The first-order chi connectivity index (χ1) is 9.75. The Bertz CT molecular complexity index is 322. The first-order valence-electron chi connectivity index (χ1n) is 8.79. The second-order valence-corrected chi connectivity index (χ2v) is 8.20. The van der Waals surface area contributed by atoms with Gasteiger partial charge in [-0.25, -0.2) is 0 Å². The molecule has 20 heavy (non-hydrogen) atoms. The molecule has 1 atom stereocenters. The van der Waals surface area contributed by atoms with Crippen molar-refractivity contribution in [2.75, 3.05) is 32.8 Å². The van der Waals surface area contributed by atoms with Crippen LogP contribution in [0.4, 0.5) is 0 Å². The van der Waals surface area contributed by atoms with Crippen LogP contribution in [0.3, 0.4) is 0 Å². The number of rotatable bonds is 4. The van der Waals surface area contributed by atoms with Crippen LogP contribution in [-0.4, -0.2) is 43.8 Å². The normalized spacial score (nSPS) is 47.9. The van der Waals surface area contributed by atoms with Gasteiger partial charge in [-0.3, -0.25) is 4.90 Å². The van der Waals surface area contributed by atoms with E-state index in [-0.39, 0.29) is 6.10 Å². The number of hydrogen-bond donors (Lipinski definition) is 1. The molecule has 3 nitrogen and oxygen atoms in total. The molecule has 1 saturated heterocycles. The number of nitrogens with two attached hydrogens (primary N) is 1. The van der Waals surface area contributed by atoms with E-state index in [4.69, 9.17) is 10.5 Å². The van der Waals surface area contributed by atoms with Gasteiger partial charge in [0.25, 0.3) is 0 Å². The third-order valence-electron chi connectivity index (χ3n) is 6.61. The smallest absolute Gasteiger partial charge is 0.0824 e. The first-order valence-corrected chi connectivity index (χ1v) is 8.79. The lowest BCUT2D eigenvalue weighted by Crippen LogP contribution is -2.49. The molecule has 0 aromatic rings. The largest absolute Gasteiger partial charge is 0.374 e. The van der Waals surface area contributed by atoms with E-state index < -0.39 is 0 Å². The van der Waals surface area contributed by atoms with Crippen molar-refractivity contribution >= 4 is 0 Å². The molecule has 1 unspecified atom stereocenters. The molecule has 5 aliphatic rings. The average Bonchev–Trinajstić information content (AvgIpc) is 2.44. The predicted octanol–water partition coefficient (Wildman–Crippen LogP) is 2.25. The maximum atomic E-state index is 5.76. The molecule has 0 amide bonds. The van der Waals surface area contributed by atoms with Crippen molar-refractivity contribution < 1.29 is 4.74 Å². The monoisotopic (exact) mass is 278 g/mol. The van der Waals surface area contributed by atoms with Gasteiger partial charge in [-0.15, -0.1) is 0 Å². The van der Waals surface area contributed by atoms with Gasteiger partial charge < -0.3 is 10.5 Å². The minimum atomic E-state index is 0.278. The van der Waals surface area contributed by atoms with E-state index in [2.05, 4.69) is 4.90 Å². The van der Waals surface area contributed by atoms with Gasteiger partial charge >= 0.3 is 0 Å². The lowest BCUT2D eigenvalue weighted by atomic mass is 9.49. The minimum absolute atomic E-state index is 0.278. The summed E-state index contributed by atoms with van der Waals surface area (Å²) in [6.45, 7) is 5.01. The van der Waals surface area contributed by atoms with Crippen LogP contribution in [0.5, 0.6) is 0 Å². The second-order valence-electron chi connectivity index (χ2n) is 8.20. The van der Waals surface area contributed by atoms with Gasteiger partial charge in [0.05, 0.1) is 12.7 Å². The Kier molecular flexibility index (Phi) is 3.56. The molecule has 0 aromatic carbocycles. The fourth-order valence-corrected chi connectivity index (χ4v) is 6.12. The first kappa shape index (κ1) is 13.5. The zero-order chi connectivity index (χ0) is 13.6. The Morgan fingerprint density at radius 1 is 1.05 bits per heavy atom. The van der Waals surface area contributed by atoms with Crippen molar-refractivity contribution in [2.24, 2.45) is 28.9 Å². The highest BCUT2D eigenvalue weighted by Gasteiger charge is 2.50. The molecule has 1 aliphatic heterocycles. The highest BCUT2D eigenvalue weighted by molar-refractivity contribution is 5.01. The fraction of sp³-hybridized carbons (Fsp3) is 1.00. The molecule has 114 valence electrons. The summed E-state index contributed by atoms with van der Waals surface area (Å²) in [7, 11) is 0. The molecule has 1 heterocycles. The summed E-state index contributed by atoms with van der Waals surface area (Å²) in [5, 5.41) is 0. The topological polar surface area (TPSA) is 38.5 Å². The van der Waals surface area contributed by atoms with Crippen molar-refractivity contribution in [2.45, 2.75) is 51.0 Å². The van der Waals surface area contributed by atoms with Crippen LogP contribution in [0.15, 0.2) is 0 Å². The molecule has 5 fully saturated rings. The highest BCUT2D eigenvalue weighted by atomic mass is 16.5. The quantitative estimate of drug-likeness (QED) is 0.857. The lowest BCUT2D eigenvalue weighted by Gasteiger charge is -2.57. The molecular formula is C17H30N2O. The van der Waals surface area contributed by atoms with Crippen molar-refractivity contribution in [1.29, 1.82) is 0 Å². The molecule has 0 radical (unpaired) electrons. The van der Waals surface area contributed by atoms with Crippen molar-refractivity contribution in [3.8, 4) is 0 Å². The van der Waals surface area contributed by atoms with E-state index in [0.717, 1.165) is 42.9 Å². The van der Waals surface area contributed by atoms with Gasteiger partial charge in [0, 0.05) is 19.6 Å². The van der Waals surface area contributed by atoms with Crippen LogP contribution < -0.4 is 5.73 Å². The predicted molar refractivity (Wildman–Crippen MR) is 80.5 cm³/mol. The molecule has 4 aliphatic carbocycles. The van der Waals surface area contributed by atoms with Crippen molar-refractivity contribution in [3.05, 3.63) is 0 Å². The van der Waals surface area contributed by atoms with Gasteiger partial charge in [-0.05, 0) is 74.7 Å². The van der Waals surface area contributed by atoms with Gasteiger partial charge in [-0.1, -0.05) is 0 Å². The van der Waals surface area contributed by atoms with Crippen LogP contribution in [0.1, 0.15) is 44.9 Å². The number of hydrogen-bond acceptors (Lipinski definition) is 3. The van der Waals surface area contributed by atoms with Gasteiger partial charge in [0.2, 0.25) is 0 Å². The van der Waals surface area contributed by atoms with Crippen LogP contribution in [0.2, 0.25) is 0 Å². The van der Waals surface area contributed by atoms with Gasteiger partial charge in [0.1, 0.15) is 0 Å². The summed E-state index contributed by atoms with van der Waals surface area (Å²) in [4.78, 5) is 2.61. The molecule has 2 N–H and O–H groups in total. The minimum Gasteiger partial charge on any atom is -0.374 e. The van der Waals surface area contributed by atoms with Crippen LogP contribution in [-0.2, 0) is 4.74 Å². The van der Waals surface area contributed by atoms with E-state index in [1.54, 1.807) is 38.5 Å². The molecular weight excluding hydrogens is 248 g/mol. The molecule has 0 spiro atoms. The second kappa shape index (κ2) is 5.26. The van der Waals surface area contributed by atoms with Crippen LogP contribution in [0.25, 0.3) is 0 Å². The van der Waals surface area contributed by atoms with E-state index >= 15 is 0 Å². The third-order valence-corrected chi connectivity index (χ3v) is 6.61. The summed E-state index contributed by atoms with van der Waals surface area (Å²) in [6, 6.07) is 0. The molecule has 0 aromatic heterocycles. The van der Waals surface area contributed by atoms with Gasteiger partial charge in [0.15, 0.2) is 0 Å². The third kappa shape index (κ3) is 2.53. The van der Waals surface area contributed by atoms with Gasteiger partial charge in [-0.2, -0.15) is 0 Å². The standard InChI is InChI=1S/C17H30N2O/c18-11-16-12-19(3-4-20-16)2-1-17-8-13-5-14(9-17)7-15(6-13)10-17/h13-16H,1-12,18H2. The molecule has 4 saturated carbocycles. The summed E-state index contributed by atoms with van der Waals surface area (Å²) in [6.07, 6.45) is 11.0. The van der Waals surface area contributed by atoms with E-state index in [0.29, 0.717) is 6.54 Å². The number of nitrogens with zero attached hydrogens (tertiary/aromatic N) is 1. The summed E-state index contributed by atoms with van der Waals surface area (Å²) in [5.74, 6) is 3.26. The van der Waals surface area contributed by atoms with Crippen molar-refractivity contribution in [1.82, 2.24) is 4.90 Å². The summed E-state index contributed by atoms with van der Waals surface area (Å²) in [5.41, 5.74) is 6.48. The summed E-state index contributed by atoms with van der Waals surface area (Å²) < 4.78 is 5.69. The Hall–Kier alpha value is -0.120. The Balaban J connectivity index is 1.35. The van der Waals surface area contributed by atoms with Crippen LogP contribution in [0, 0.1) is 23.2 Å². The molecule has 3 heteroatoms. The average molecular weight is 278 g/mol. The molecule has 5 rings (SSSR count). The van der Waals surface area contributed by atoms with E-state index in [1.807, 2.05) is 0 Å². The lowest BCUT2D eigenvalue weighted by molar-refractivity contribution is -0.0706. The van der Waals surface area contributed by atoms with Crippen LogP contribution >= 0.6 is 0 Å². The fourth-order valence-electron chi connectivity index (χ4n) is 6.12. The number of morpholine rings is 1. The zero-order valence-electron chi connectivity index (χ0n) is 12.7. The Morgan fingerprint density at radius 3 is 2.30 bits per heavy atom.